The van der Waals surface area contributed by atoms with E-state index in [1.165, 1.54) is 17.9 Å². The molecule has 1 aromatic heterocycles. The highest BCUT2D eigenvalue weighted by Crippen LogP contribution is 2.31. The zero-order valence-corrected chi connectivity index (χ0v) is 54.3. The smallest absolute Gasteiger partial charge is 0.246 e. The van der Waals surface area contributed by atoms with Crippen LogP contribution in [0.25, 0.3) is 10.9 Å². The van der Waals surface area contributed by atoms with Gasteiger partial charge in [-0.05, 0) is 143 Å². The van der Waals surface area contributed by atoms with E-state index in [0.717, 1.165) is 70.9 Å². The van der Waals surface area contributed by atoms with Crippen LogP contribution in [0.5, 0.6) is 5.75 Å². The Balaban J connectivity index is 0.893. The molecule has 1 fully saturated rings. The van der Waals surface area contributed by atoms with Crippen LogP contribution in [-0.2, 0) is 86.8 Å². The van der Waals surface area contributed by atoms with E-state index in [0.29, 0.717) is 95.4 Å². The Hall–Kier alpha value is -8.66. The Morgan fingerprint density at radius 1 is 0.859 bits per heavy atom. The predicted molar refractivity (Wildman–Crippen MR) is 348 cm³/mol. The van der Waals surface area contributed by atoms with Crippen LogP contribution in [0.3, 0.4) is 0 Å². The molecule has 0 radical (unpaired) electrons. The van der Waals surface area contributed by atoms with E-state index in [1.54, 1.807) is 56.3 Å². The molecular weight excluding hydrogens is 1180 g/mol. The van der Waals surface area contributed by atoms with Crippen molar-refractivity contribution in [1.82, 2.24) is 51.2 Å². The highest BCUT2D eigenvalue weighted by atomic mass is 19.1. The van der Waals surface area contributed by atoms with E-state index in [2.05, 4.69) is 42.7 Å². The van der Waals surface area contributed by atoms with Crippen LogP contribution in [0.4, 0.5) is 4.39 Å². The first-order chi connectivity index (χ1) is 44.2. The summed E-state index contributed by atoms with van der Waals surface area (Å²) >= 11 is 0. The van der Waals surface area contributed by atoms with Gasteiger partial charge in [-0.3, -0.25) is 43.2 Å². The Kier molecular flexibility index (Phi) is 27.1. The molecule has 1 saturated heterocycles. The Bertz CT molecular complexity index is 3320. The average molecular weight is 1270 g/mol. The van der Waals surface area contributed by atoms with Crippen molar-refractivity contribution in [2.24, 2.45) is 0 Å². The number of halogens is 1. The molecular formula is C70H93FN10O11. The molecule has 0 unspecified atom stereocenters. The van der Waals surface area contributed by atoms with Crippen molar-refractivity contribution in [2.45, 2.75) is 173 Å². The molecule has 3 heterocycles. The molecule has 0 spiro atoms. The quantitative estimate of drug-likeness (QED) is 0.0240. The number of aryl methyl sites for hydroxylation is 2. The Morgan fingerprint density at radius 2 is 1.58 bits per heavy atom. The molecule has 0 saturated carbocycles. The topological polar surface area (TPSA) is 259 Å². The molecule has 0 aliphatic carbocycles. The number of hydrogen-bond donors (Lipinski definition) is 6. The molecule has 2 bridgehead atoms. The molecule has 5 aromatic rings. The monoisotopic (exact) mass is 1270 g/mol. The van der Waals surface area contributed by atoms with Crippen molar-refractivity contribution in [2.75, 3.05) is 53.5 Å². The fourth-order valence-corrected chi connectivity index (χ4v) is 11.8. The van der Waals surface area contributed by atoms with Crippen LogP contribution in [0.15, 0.2) is 97.2 Å². The molecule has 496 valence electrons. The maximum absolute atomic E-state index is 14.1. The average Bonchev–Trinajstić information content (AvgIpc) is 1.67. The number of benzene rings is 4. The summed E-state index contributed by atoms with van der Waals surface area (Å²) in [5, 5.41) is 17.7. The standard InChI is InChI=1S/C70H93FN10O11/c1-48-44-79(61-29-26-56(71)41-58(48)61)34-12-7-8-13-35-80(45-53-22-20-51(21-23-53)30-33-72-69(90)70(4)32-15-36-81(70)68(89)60(75-47-82)39-52-24-27-57(91-6)28-25-52)64(85)19-11-9-10-18-62(83)76-50(3)66(87)77-59-40-54-16-14-17-55(38-54)42-73-63(84)46-92-49(2)31-37-78(5)65(86)43-74-67(59)88/h14,16-17,20-29,38,41,44,47,49-50,59-60H,7-13,15,18-19,30-37,39-40,42-43,45-46H2,1-6H3,(H,72,90)(H,73,84)(H,74,88)(H,75,82)(H,76,83)(H,77,87)/t49-,50-,59+,60+,70+/m1/s1. The zero-order valence-electron chi connectivity index (χ0n) is 54.3. The number of hydrogen-bond acceptors (Lipinski definition) is 11. The van der Waals surface area contributed by atoms with Crippen LogP contribution in [-0.4, -0.2) is 156 Å². The number of unbranched alkanes of at least 4 members (excludes halogenated alkanes) is 5. The minimum Gasteiger partial charge on any atom is -0.497 e. The van der Waals surface area contributed by atoms with Crippen molar-refractivity contribution >= 4 is 64.6 Å². The first kappa shape index (κ1) is 70.8. The lowest BCUT2D eigenvalue weighted by atomic mass is 9.95. The molecule has 7 rings (SSSR count). The van der Waals surface area contributed by atoms with Crippen LogP contribution >= 0.6 is 0 Å². The maximum Gasteiger partial charge on any atom is 0.246 e. The zero-order chi connectivity index (χ0) is 66.2. The molecule has 5 atom stereocenters. The number of aromatic nitrogens is 1. The van der Waals surface area contributed by atoms with Crippen molar-refractivity contribution < 1.29 is 57.0 Å². The van der Waals surface area contributed by atoms with Crippen LogP contribution in [0, 0.1) is 12.7 Å². The van der Waals surface area contributed by atoms with Gasteiger partial charge in [-0.1, -0.05) is 79.9 Å². The molecule has 4 aromatic carbocycles. The minimum atomic E-state index is -1.10. The number of likely N-dealkylation sites (N-methyl/N-ethyl adjacent to an activating group) is 1. The number of nitrogens with zero attached hydrogens (tertiary/aromatic N) is 4. The van der Waals surface area contributed by atoms with Gasteiger partial charge < -0.3 is 60.6 Å². The van der Waals surface area contributed by atoms with Crippen molar-refractivity contribution in [3.8, 4) is 5.75 Å². The third-order valence-electron chi connectivity index (χ3n) is 17.5. The SMILES string of the molecule is COc1ccc(C[C@H](NC=O)C(=O)N2CCC[C@@]2(C)C(=O)NCCc2ccc(CN(CCCCCCn3cc(C)c4cc(F)ccc43)C(=O)CCCCCC(=O)N[C@H](C)C(=O)N[C@H]3Cc4cccc(c4)CNC(=O)CO[C@H](C)CCN(C)C(=O)CNC3=O)cc2)cc1. The van der Waals surface area contributed by atoms with Gasteiger partial charge in [0, 0.05) is 95.6 Å². The Morgan fingerprint density at radius 3 is 2.34 bits per heavy atom. The largest absolute Gasteiger partial charge is 0.497 e. The van der Waals surface area contributed by atoms with E-state index in [4.69, 9.17) is 9.47 Å². The fourth-order valence-electron chi connectivity index (χ4n) is 11.8. The van der Waals surface area contributed by atoms with Gasteiger partial charge in [-0.2, -0.15) is 0 Å². The highest BCUT2D eigenvalue weighted by molar-refractivity contribution is 5.95. The van der Waals surface area contributed by atoms with E-state index in [-0.39, 0.29) is 92.7 Å². The summed E-state index contributed by atoms with van der Waals surface area (Å²) in [5.74, 6) is -2.34. The fraction of sp³-hybridized carbons (Fsp3) is 0.500. The Labute approximate surface area is 539 Å². The number of amides is 9. The van der Waals surface area contributed by atoms with Crippen molar-refractivity contribution in [3.05, 3.63) is 136 Å². The van der Waals surface area contributed by atoms with Gasteiger partial charge in [0.15, 0.2) is 0 Å². The second-order valence-electron chi connectivity index (χ2n) is 24.6. The summed E-state index contributed by atoms with van der Waals surface area (Å²) < 4.78 is 27.1. The number of carbonyl (C=O) groups is 9. The molecule has 6 N–H and O–H groups in total. The van der Waals surface area contributed by atoms with E-state index < -0.39 is 35.5 Å². The van der Waals surface area contributed by atoms with Crippen LogP contribution in [0.2, 0.25) is 0 Å². The summed E-state index contributed by atoms with van der Waals surface area (Å²) in [6.07, 6.45) is 10.3. The van der Waals surface area contributed by atoms with E-state index in [1.807, 2.05) is 73.3 Å². The van der Waals surface area contributed by atoms with Crippen LogP contribution in [0.1, 0.15) is 131 Å². The number of carbonyl (C=O) groups excluding carboxylic acids is 9. The van der Waals surface area contributed by atoms with Crippen molar-refractivity contribution in [1.29, 1.82) is 0 Å². The number of methoxy groups -OCH3 is 1. The van der Waals surface area contributed by atoms with Crippen molar-refractivity contribution in [3.63, 3.8) is 0 Å². The summed E-state index contributed by atoms with van der Waals surface area (Å²) in [6.45, 7) is 9.68. The lowest BCUT2D eigenvalue weighted by molar-refractivity contribution is -0.145. The molecule has 9 amide bonds. The minimum absolute atomic E-state index is 0.00628. The number of rotatable bonds is 28. The first-order valence-corrected chi connectivity index (χ1v) is 32.3. The second kappa shape index (κ2) is 35.2. The summed E-state index contributed by atoms with van der Waals surface area (Å²) in [4.78, 5) is 124. The lowest BCUT2D eigenvalue weighted by Crippen LogP contribution is -2.59. The van der Waals surface area contributed by atoms with E-state index in [9.17, 15) is 47.5 Å². The third kappa shape index (κ3) is 21.2. The van der Waals surface area contributed by atoms with Gasteiger partial charge in [-0.25, -0.2) is 4.39 Å². The number of nitrogens with one attached hydrogen (secondary N) is 6. The lowest BCUT2D eigenvalue weighted by Gasteiger charge is -2.36. The normalized spacial score (nSPS) is 18.1. The van der Waals surface area contributed by atoms with Crippen LogP contribution < -0.4 is 36.6 Å². The highest BCUT2D eigenvalue weighted by Gasteiger charge is 2.47. The second-order valence-corrected chi connectivity index (χ2v) is 24.6. The number of likely N-dealkylation sites (tertiary alicyclic amines) is 1. The number of fused-ring (bicyclic) bond motifs is 3. The summed E-state index contributed by atoms with van der Waals surface area (Å²) in [6, 6.07) is 24.4. The molecule has 2 aliphatic rings. The van der Waals surface area contributed by atoms with Gasteiger partial charge in [0.05, 0.1) is 19.8 Å². The summed E-state index contributed by atoms with van der Waals surface area (Å²) in [5.41, 5.74) is 5.17. The number of ether oxygens (including phenoxy) is 2. The van der Waals surface area contributed by atoms with Gasteiger partial charge in [0.2, 0.25) is 53.7 Å². The van der Waals surface area contributed by atoms with Gasteiger partial charge in [0.25, 0.3) is 0 Å². The maximum atomic E-state index is 14.1. The molecule has 92 heavy (non-hydrogen) atoms. The summed E-state index contributed by atoms with van der Waals surface area (Å²) in [7, 11) is 3.18. The van der Waals surface area contributed by atoms with E-state index >= 15 is 0 Å². The first-order valence-electron chi connectivity index (χ1n) is 32.3. The third-order valence-corrected chi connectivity index (χ3v) is 17.5. The van der Waals surface area contributed by atoms with Gasteiger partial charge in [-0.15, -0.1) is 0 Å². The molecule has 22 heteroatoms. The molecule has 2 aliphatic heterocycles. The predicted octanol–water partition coefficient (Wildman–Crippen LogP) is 6.27. The van der Waals surface area contributed by atoms with Gasteiger partial charge in [0.1, 0.15) is 41.8 Å². The molecule has 21 nitrogen and oxygen atoms in total. The van der Waals surface area contributed by atoms with Gasteiger partial charge >= 0.3 is 0 Å².